The summed E-state index contributed by atoms with van der Waals surface area (Å²) in [5.74, 6) is 0.739. The number of carbonyl (C=O) groups excluding carboxylic acids is 1. The molecule has 8 heteroatoms. The summed E-state index contributed by atoms with van der Waals surface area (Å²) in [5.41, 5.74) is 0. The van der Waals surface area contributed by atoms with Crippen molar-refractivity contribution < 1.29 is 14.3 Å². The maximum atomic E-state index is 11.5. The highest BCUT2D eigenvalue weighted by Crippen LogP contribution is 2.28. The first kappa shape index (κ1) is 18.6. The Bertz CT molecular complexity index is 760. The Kier molecular flexibility index (Phi) is 6.38. The van der Waals surface area contributed by atoms with E-state index in [1.807, 2.05) is 13.0 Å². The zero-order chi connectivity index (χ0) is 18.4. The number of rotatable bonds is 7. The van der Waals surface area contributed by atoms with Crippen molar-refractivity contribution in [3.63, 3.8) is 0 Å². The number of hydrogen-bond acceptors (Lipinski definition) is 7. The van der Waals surface area contributed by atoms with Crippen molar-refractivity contribution in [1.29, 1.82) is 0 Å². The molecule has 3 rings (SSSR count). The van der Waals surface area contributed by atoms with Gasteiger partial charge in [0.1, 0.15) is 11.6 Å². The van der Waals surface area contributed by atoms with Crippen LogP contribution < -0.4 is 10.0 Å². The van der Waals surface area contributed by atoms with E-state index in [9.17, 15) is 9.90 Å². The number of carboxylic acids is 1. The van der Waals surface area contributed by atoms with E-state index < -0.39 is 5.97 Å². The van der Waals surface area contributed by atoms with Gasteiger partial charge in [0, 0.05) is 30.5 Å². The predicted octanol–water partition coefficient (Wildman–Crippen LogP) is 2.61. The van der Waals surface area contributed by atoms with E-state index in [2.05, 4.69) is 20.1 Å². The topological polar surface area (TPSA) is 98.1 Å². The number of aromatic nitrogens is 3. The maximum absolute atomic E-state index is 11.5. The largest absolute Gasteiger partial charge is 0.544 e. The molecule has 1 saturated heterocycles. The predicted molar refractivity (Wildman–Crippen MR) is 98.6 cm³/mol. The van der Waals surface area contributed by atoms with Gasteiger partial charge in [0.15, 0.2) is 5.88 Å². The summed E-state index contributed by atoms with van der Waals surface area (Å²) in [4.78, 5) is 18.0. The fraction of sp³-hybridized carbons (Fsp3) is 0.500. The van der Waals surface area contributed by atoms with Gasteiger partial charge >= 0.3 is 0 Å². The number of carbonyl (C=O) groups is 1. The molecule has 26 heavy (non-hydrogen) atoms. The summed E-state index contributed by atoms with van der Waals surface area (Å²) in [6.45, 7) is 3.98. The van der Waals surface area contributed by atoms with Crippen LogP contribution in [-0.4, -0.2) is 34.2 Å². The van der Waals surface area contributed by atoms with Crippen LogP contribution in [0.5, 0.6) is 0 Å². The molecule has 0 radical (unpaired) electrons. The number of thioether (sulfide) groups is 1. The summed E-state index contributed by atoms with van der Waals surface area (Å²) in [7, 11) is 0. The number of carboxylic acid groups (broad SMARTS) is 1. The summed E-state index contributed by atoms with van der Waals surface area (Å²) in [6, 6.07) is 3.67. The third-order valence-corrected chi connectivity index (χ3v) is 5.07. The van der Waals surface area contributed by atoms with Gasteiger partial charge in [-0.3, -0.25) is 5.10 Å². The number of aromatic amines is 1. The van der Waals surface area contributed by atoms with E-state index in [0.717, 1.165) is 62.2 Å². The zero-order valence-corrected chi connectivity index (χ0v) is 15.7. The summed E-state index contributed by atoms with van der Waals surface area (Å²) in [5, 5.41) is 18.7. The van der Waals surface area contributed by atoms with E-state index in [4.69, 9.17) is 4.42 Å². The third kappa shape index (κ3) is 4.91. The van der Waals surface area contributed by atoms with Crippen LogP contribution in [0.4, 0.5) is 5.88 Å². The Labute approximate surface area is 156 Å². The fourth-order valence-electron chi connectivity index (χ4n) is 2.91. The fourth-order valence-corrected chi connectivity index (χ4v) is 3.61. The first-order valence-corrected chi connectivity index (χ1v) is 9.84. The summed E-state index contributed by atoms with van der Waals surface area (Å²) < 4.78 is 5.84. The number of nitrogens with one attached hydrogen (secondary N) is 1. The van der Waals surface area contributed by atoms with Crippen molar-refractivity contribution in [1.82, 2.24) is 15.2 Å². The van der Waals surface area contributed by atoms with Crippen molar-refractivity contribution >= 4 is 29.7 Å². The van der Waals surface area contributed by atoms with Crippen LogP contribution in [0, 0.1) is 0 Å². The standard InChI is InChI=1S/C18H24N4O3S/c1-2-7-15-19-18(21-20-15)26-14(17(23)24)12-13-8-9-16(25-13)22-10-5-3-4-6-11-22/h8-9,12H,2-7,10-11H2,1H3,(H,23,24)(H,19,20,21)/p-1/b14-12+. The molecule has 0 unspecified atom stereocenters. The molecule has 0 atom stereocenters. The molecule has 0 aliphatic carbocycles. The van der Waals surface area contributed by atoms with E-state index in [1.165, 1.54) is 18.9 Å². The molecule has 140 valence electrons. The van der Waals surface area contributed by atoms with Crippen LogP contribution in [-0.2, 0) is 11.2 Å². The van der Waals surface area contributed by atoms with Crippen molar-refractivity contribution in [3.05, 3.63) is 28.6 Å². The van der Waals surface area contributed by atoms with E-state index in [1.54, 1.807) is 6.07 Å². The first-order chi connectivity index (χ1) is 12.7. The molecule has 2 aromatic rings. The van der Waals surface area contributed by atoms with Gasteiger partial charge in [0.2, 0.25) is 5.16 Å². The lowest BCUT2D eigenvalue weighted by Crippen LogP contribution is -2.23. The molecule has 1 aliphatic heterocycles. The molecule has 1 fully saturated rings. The molecule has 1 N–H and O–H groups in total. The van der Waals surface area contributed by atoms with E-state index in [-0.39, 0.29) is 4.91 Å². The summed E-state index contributed by atoms with van der Waals surface area (Å²) >= 11 is 0.959. The molecular weight excluding hydrogens is 352 g/mol. The molecule has 0 aromatic carbocycles. The van der Waals surface area contributed by atoms with Gasteiger partial charge in [-0.1, -0.05) is 19.8 Å². The van der Waals surface area contributed by atoms with Gasteiger partial charge in [-0.05, 0) is 43.2 Å². The molecule has 0 saturated carbocycles. The Hall–Kier alpha value is -2.22. The normalized spacial score (nSPS) is 15.9. The van der Waals surface area contributed by atoms with Crippen LogP contribution in [0.1, 0.15) is 50.6 Å². The molecule has 0 amide bonds. The Balaban J connectivity index is 1.73. The molecular formula is C18H23N4O3S-. The second-order valence-corrected chi connectivity index (χ2v) is 7.30. The smallest absolute Gasteiger partial charge is 0.213 e. The lowest BCUT2D eigenvalue weighted by molar-refractivity contribution is -0.298. The Morgan fingerprint density at radius 3 is 2.81 bits per heavy atom. The van der Waals surface area contributed by atoms with E-state index in [0.29, 0.717) is 10.9 Å². The van der Waals surface area contributed by atoms with Gasteiger partial charge in [-0.2, -0.15) is 0 Å². The van der Waals surface area contributed by atoms with Crippen LogP contribution in [0.15, 0.2) is 26.6 Å². The number of anilines is 1. The Morgan fingerprint density at radius 1 is 1.35 bits per heavy atom. The number of hydrogen-bond donors (Lipinski definition) is 1. The number of furan rings is 1. The van der Waals surface area contributed by atoms with Crippen molar-refractivity contribution in [2.24, 2.45) is 0 Å². The van der Waals surface area contributed by atoms with Crippen LogP contribution in [0.3, 0.4) is 0 Å². The molecule has 7 nitrogen and oxygen atoms in total. The van der Waals surface area contributed by atoms with Crippen molar-refractivity contribution in [2.45, 2.75) is 50.6 Å². The van der Waals surface area contributed by atoms with Gasteiger partial charge in [0.25, 0.3) is 0 Å². The lowest BCUT2D eigenvalue weighted by atomic mass is 10.2. The highest BCUT2D eigenvalue weighted by atomic mass is 32.2. The SMILES string of the molecule is CCCc1nc(S/C(=C/c2ccc(N3CCCCCC3)o2)C(=O)[O-])n[nH]1. The molecule has 2 aromatic heterocycles. The summed E-state index contributed by atoms with van der Waals surface area (Å²) in [6.07, 6.45) is 7.97. The van der Waals surface area contributed by atoms with Crippen molar-refractivity contribution in [2.75, 3.05) is 18.0 Å². The zero-order valence-electron chi connectivity index (χ0n) is 14.9. The second-order valence-electron chi connectivity index (χ2n) is 6.29. The number of aryl methyl sites for hydroxylation is 1. The molecule has 3 heterocycles. The second kappa shape index (κ2) is 8.93. The maximum Gasteiger partial charge on any atom is 0.213 e. The molecule has 0 spiro atoms. The van der Waals surface area contributed by atoms with E-state index >= 15 is 0 Å². The van der Waals surface area contributed by atoms with Gasteiger partial charge in [-0.25, -0.2) is 4.98 Å². The first-order valence-electron chi connectivity index (χ1n) is 9.02. The average molecular weight is 375 g/mol. The monoisotopic (exact) mass is 375 g/mol. The van der Waals surface area contributed by atoms with Gasteiger partial charge in [0.05, 0.1) is 5.97 Å². The van der Waals surface area contributed by atoms with Gasteiger partial charge < -0.3 is 19.2 Å². The number of nitrogens with zero attached hydrogens (tertiary/aromatic N) is 3. The quantitative estimate of drug-likeness (QED) is 0.587. The lowest BCUT2D eigenvalue weighted by Gasteiger charge is -2.18. The van der Waals surface area contributed by atoms with Gasteiger partial charge in [-0.15, -0.1) is 5.10 Å². The highest BCUT2D eigenvalue weighted by Gasteiger charge is 2.14. The third-order valence-electron chi connectivity index (χ3n) is 4.20. The minimum atomic E-state index is -1.27. The molecule has 1 aliphatic rings. The van der Waals surface area contributed by atoms with Crippen LogP contribution >= 0.6 is 11.8 Å². The molecule has 0 bridgehead atoms. The van der Waals surface area contributed by atoms with Crippen molar-refractivity contribution in [3.8, 4) is 0 Å². The minimum absolute atomic E-state index is 0.0174. The highest BCUT2D eigenvalue weighted by molar-refractivity contribution is 8.04. The van der Waals surface area contributed by atoms with Crippen LogP contribution in [0.25, 0.3) is 6.08 Å². The Morgan fingerprint density at radius 2 is 2.12 bits per heavy atom. The van der Waals surface area contributed by atoms with Crippen LogP contribution in [0.2, 0.25) is 0 Å². The number of aliphatic carboxylic acids is 1. The average Bonchev–Trinajstić information content (AvgIpc) is 3.17. The minimum Gasteiger partial charge on any atom is -0.544 e. The number of H-pyrrole nitrogens is 1.